The normalized spacial score (nSPS) is 21.6. The van der Waals surface area contributed by atoms with Gasteiger partial charge in [-0.1, -0.05) is 18.5 Å². The monoisotopic (exact) mass is 263 g/mol. The Kier molecular flexibility index (Phi) is 3.27. The topological polar surface area (TPSA) is 20.5 Å². The molecule has 1 fully saturated rings. The van der Waals surface area contributed by atoms with Crippen LogP contribution >= 0.6 is 11.6 Å². The molecule has 96 valence electrons. The fourth-order valence-corrected chi connectivity index (χ4v) is 3.08. The van der Waals surface area contributed by atoms with Crippen molar-refractivity contribution in [2.24, 2.45) is 0 Å². The molecule has 2 aromatic heterocycles. The molecule has 1 aliphatic heterocycles. The Morgan fingerprint density at radius 2 is 2.39 bits per heavy atom. The van der Waals surface area contributed by atoms with Crippen LogP contribution in [0, 0.1) is 0 Å². The molecule has 0 amide bonds. The van der Waals surface area contributed by atoms with Crippen molar-refractivity contribution >= 4 is 17.1 Å². The van der Waals surface area contributed by atoms with Crippen molar-refractivity contribution in [2.45, 2.75) is 25.7 Å². The number of aromatic nitrogens is 2. The van der Waals surface area contributed by atoms with Gasteiger partial charge in [-0.15, -0.1) is 0 Å². The highest BCUT2D eigenvalue weighted by molar-refractivity contribution is 6.33. The lowest BCUT2D eigenvalue weighted by molar-refractivity contribution is 0.213. The van der Waals surface area contributed by atoms with E-state index < -0.39 is 0 Å². The predicted molar refractivity (Wildman–Crippen MR) is 74.3 cm³/mol. The van der Waals surface area contributed by atoms with Gasteiger partial charge in [0.15, 0.2) is 0 Å². The summed E-state index contributed by atoms with van der Waals surface area (Å²) >= 11 is 6.19. The zero-order valence-electron chi connectivity index (χ0n) is 10.6. The second-order valence-electron chi connectivity index (χ2n) is 4.96. The average Bonchev–Trinajstić information content (AvgIpc) is 2.84. The number of halogens is 1. The Balaban J connectivity index is 1.96. The zero-order chi connectivity index (χ0) is 12.5. The molecular formula is C14H18ClN3. The van der Waals surface area contributed by atoms with Crippen LogP contribution in [0.15, 0.2) is 24.5 Å². The SMILES string of the molecule is CCN1CCCC(c2ncc3c(Cl)cccn23)C1. The van der Waals surface area contributed by atoms with Gasteiger partial charge >= 0.3 is 0 Å². The lowest BCUT2D eigenvalue weighted by atomic mass is 9.97. The van der Waals surface area contributed by atoms with E-state index in [2.05, 4.69) is 27.4 Å². The first kappa shape index (κ1) is 12.0. The first-order valence-electron chi connectivity index (χ1n) is 6.63. The van der Waals surface area contributed by atoms with Gasteiger partial charge in [-0.05, 0) is 38.1 Å². The maximum absolute atomic E-state index is 6.19. The van der Waals surface area contributed by atoms with E-state index in [-0.39, 0.29) is 0 Å². The number of nitrogens with zero attached hydrogens (tertiary/aromatic N) is 3. The third kappa shape index (κ3) is 2.02. The summed E-state index contributed by atoms with van der Waals surface area (Å²) in [5.41, 5.74) is 1.02. The highest BCUT2D eigenvalue weighted by atomic mass is 35.5. The highest BCUT2D eigenvalue weighted by Gasteiger charge is 2.23. The van der Waals surface area contributed by atoms with Crippen molar-refractivity contribution in [3.8, 4) is 0 Å². The second kappa shape index (κ2) is 4.90. The quantitative estimate of drug-likeness (QED) is 0.830. The molecular weight excluding hydrogens is 246 g/mol. The minimum atomic E-state index is 0.527. The molecule has 2 aromatic rings. The fourth-order valence-electron chi connectivity index (χ4n) is 2.86. The van der Waals surface area contributed by atoms with Crippen molar-refractivity contribution < 1.29 is 0 Å². The van der Waals surface area contributed by atoms with Crippen molar-refractivity contribution in [3.05, 3.63) is 35.4 Å². The van der Waals surface area contributed by atoms with E-state index in [1.54, 1.807) is 0 Å². The number of likely N-dealkylation sites (tertiary alicyclic amines) is 1. The molecule has 0 bridgehead atoms. The highest BCUT2D eigenvalue weighted by Crippen LogP contribution is 2.28. The van der Waals surface area contributed by atoms with E-state index in [4.69, 9.17) is 11.6 Å². The Morgan fingerprint density at radius 1 is 1.50 bits per heavy atom. The Bertz CT molecular complexity index is 549. The number of likely N-dealkylation sites (N-methyl/N-ethyl adjacent to an activating group) is 1. The van der Waals surface area contributed by atoms with Crippen molar-refractivity contribution in [3.63, 3.8) is 0 Å². The predicted octanol–water partition coefficient (Wildman–Crippen LogP) is 3.19. The summed E-state index contributed by atoms with van der Waals surface area (Å²) in [4.78, 5) is 7.10. The van der Waals surface area contributed by atoms with Crippen LogP contribution in [-0.4, -0.2) is 33.9 Å². The molecule has 0 spiro atoms. The number of rotatable bonds is 2. The fraction of sp³-hybridized carbons (Fsp3) is 0.500. The summed E-state index contributed by atoms with van der Waals surface area (Å²) in [7, 11) is 0. The van der Waals surface area contributed by atoms with Crippen LogP contribution in [0.4, 0.5) is 0 Å². The molecule has 1 aliphatic rings. The van der Waals surface area contributed by atoms with Gasteiger partial charge in [-0.3, -0.25) is 0 Å². The van der Waals surface area contributed by atoms with Crippen LogP contribution in [0.1, 0.15) is 31.5 Å². The first-order chi connectivity index (χ1) is 8.79. The van der Waals surface area contributed by atoms with E-state index in [1.165, 1.54) is 19.4 Å². The lowest BCUT2D eigenvalue weighted by Gasteiger charge is -2.31. The summed E-state index contributed by atoms with van der Waals surface area (Å²) in [6, 6.07) is 3.91. The molecule has 4 heteroatoms. The van der Waals surface area contributed by atoms with Crippen LogP contribution in [-0.2, 0) is 0 Å². The van der Waals surface area contributed by atoms with Gasteiger partial charge in [0, 0.05) is 18.7 Å². The second-order valence-corrected chi connectivity index (χ2v) is 5.37. The van der Waals surface area contributed by atoms with E-state index in [1.807, 2.05) is 18.3 Å². The molecule has 3 heterocycles. The molecule has 18 heavy (non-hydrogen) atoms. The van der Waals surface area contributed by atoms with Crippen molar-refractivity contribution in [1.29, 1.82) is 0 Å². The van der Waals surface area contributed by atoms with Gasteiger partial charge < -0.3 is 9.30 Å². The number of piperidine rings is 1. The molecule has 1 saturated heterocycles. The van der Waals surface area contributed by atoms with E-state index in [0.717, 1.165) is 29.5 Å². The Hall–Kier alpha value is -1.06. The van der Waals surface area contributed by atoms with Crippen molar-refractivity contribution in [1.82, 2.24) is 14.3 Å². The van der Waals surface area contributed by atoms with Crippen LogP contribution in [0.2, 0.25) is 5.02 Å². The minimum Gasteiger partial charge on any atom is -0.303 e. The molecule has 0 aliphatic carbocycles. The van der Waals surface area contributed by atoms with Gasteiger partial charge in [-0.25, -0.2) is 4.98 Å². The van der Waals surface area contributed by atoms with Gasteiger partial charge in [0.2, 0.25) is 0 Å². The summed E-state index contributed by atoms with van der Waals surface area (Å²) in [6.45, 7) is 5.68. The third-order valence-electron chi connectivity index (χ3n) is 3.87. The van der Waals surface area contributed by atoms with Crippen LogP contribution in [0.5, 0.6) is 0 Å². The molecule has 3 nitrogen and oxygen atoms in total. The summed E-state index contributed by atoms with van der Waals surface area (Å²) in [6.07, 6.45) is 6.44. The smallest absolute Gasteiger partial charge is 0.117 e. The Morgan fingerprint density at radius 3 is 3.22 bits per heavy atom. The summed E-state index contributed by atoms with van der Waals surface area (Å²) in [5, 5.41) is 0.777. The standard InChI is InChI=1S/C14H18ClN3/c1-2-17-7-3-5-11(10-17)14-16-9-13-12(15)6-4-8-18(13)14/h4,6,8-9,11H,2-3,5,7,10H2,1H3. The van der Waals surface area contributed by atoms with Gasteiger partial charge in [-0.2, -0.15) is 0 Å². The third-order valence-corrected chi connectivity index (χ3v) is 4.19. The number of pyridine rings is 1. The maximum Gasteiger partial charge on any atom is 0.117 e. The van der Waals surface area contributed by atoms with E-state index in [9.17, 15) is 0 Å². The number of imidazole rings is 1. The number of hydrogen-bond donors (Lipinski definition) is 0. The van der Waals surface area contributed by atoms with Gasteiger partial charge in [0.05, 0.1) is 16.7 Å². The molecule has 0 N–H and O–H groups in total. The lowest BCUT2D eigenvalue weighted by Crippen LogP contribution is -2.34. The molecule has 0 saturated carbocycles. The Labute approximate surface area is 112 Å². The summed E-state index contributed by atoms with van der Waals surface area (Å²) < 4.78 is 2.14. The van der Waals surface area contributed by atoms with Crippen LogP contribution < -0.4 is 0 Å². The maximum atomic E-state index is 6.19. The van der Waals surface area contributed by atoms with E-state index >= 15 is 0 Å². The van der Waals surface area contributed by atoms with Gasteiger partial charge in [0.1, 0.15) is 5.82 Å². The van der Waals surface area contributed by atoms with Crippen molar-refractivity contribution in [2.75, 3.05) is 19.6 Å². The molecule has 3 rings (SSSR count). The largest absolute Gasteiger partial charge is 0.303 e. The van der Waals surface area contributed by atoms with Crippen LogP contribution in [0.3, 0.4) is 0 Å². The number of hydrogen-bond acceptors (Lipinski definition) is 2. The molecule has 1 atom stereocenters. The minimum absolute atomic E-state index is 0.527. The molecule has 0 aromatic carbocycles. The van der Waals surface area contributed by atoms with Gasteiger partial charge in [0.25, 0.3) is 0 Å². The number of fused-ring (bicyclic) bond motifs is 1. The summed E-state index contributed by atoms with van der Waals surface area (Å²) in [5.74, 6) is 1.69. The first-order valence-corrected chi connectivity index (χ1v) is 7.01. The van der Waals surface area contributed by atoms with Crippen LogP contribution in [0.25, 0.3) is 5.52 Å². The van der Waals surface area contributed by atoms with E-state index in [0.29, 0.717) is 5.92 Å². The average molecular weight is 264 g/mol. The molecule has 1 unspecified atom stereocenters. The molecule has 0 radical (unpaired) electrons. The zero-order valence-corrected chi connectivity index (χ0v) is 11.4.